The molecule has 0 aromatic carbocycles. The monoisotopic (exact) mass is 332 g/mol. The second kappa shape index (κ2) is 4.81. The van der Waals surface area contributed by atoms with E-state index in [1.807, 2.05) is 0 Å². The van der Waals surface area contributed by atoms with Crippen molar-refractivity contribution in [1.82, 2.24) is 0 Å². The van der Waals surface area contributed by atoms with E-state index < -0.39 is 43.4 Å². The molecule has 0 saturated heterocycles. The van der Waals surface area contributed by atoms with Crippen LogP contribution in [0.5, 0.6) is 0 Å². The van der Waals surface area contributed by atoms with Gasteiger partial charge in [-0.05, 0) is 17.9 Å². The fraction of sp³-hybridized carbons (Fsp3) is 1.00. The lowest BCUT2D eigenvalue weighted by molar-refractivity contribution is -0.171. The second-order valence-corrected chi connectivity index (χ2v) is 9.77. The topological polar surface area (TPSA) is 0 Å². The quantitative estimate of drug-likeness (QED) is 0.441. The highest BCUT2D eigenvalue weighted by Crippen LogP contribution is 2.65. The first-order valence-electron chi connectivity index (χ1n) is 5.91. The van der Waals surface area contributed by atoms with Crippen LogP contribution in [0.2, 0.25) is 5.04 Å². The highest BCUT2D eigenvalue weighted by atomic mass is 28.3. The van der Waals surface area contributed by atoms with Crippen molar-refractivity contribution in [3.05, 3.63) is 0 Å². The van der Waals surface area contributed by atoms with Gasteiger partial charge in [-0.1, -0.05) is 26.2 Å². The maximum atomic E-state index is 13.0. The molecule has 1 fully saturated rings. The molecule has 0 heterocycles. The first-order valence-corrected chi connectivity index (χ1v) is 7.91. The normalized spacial score (nSPS) is 21.9. The predicted octanol–water partition coefficient (Wildman–Crippen LogP) is 5.46. The Morgan fingerprint density at radius 1 is 0.650 bits per heavy atom. The Morgan fingerprint density at radius 3 is 1.20 bits per heavy atom. The van der Waals surface area contributed by atoms with Crippen LogP contribution in [0.4, 0.5) is 39.5 Å². The predicted molar refractivity (Wildman–Crippen MR) is 55.4 cm³/mol. The Kier molecular flexibility index (Phi) is 4.24. The lowest BCUT2D eigenvalue weighted by Crippen LogP contribution is -2.77. The van der Waals surface area contributed by atoms with Gasteiger partial charge in [-0.25, -0.2) is 0 Å². The molecule has 0 radical (unpaired) electrons. The average molecular weight is 332 g/mol. The lowest BCUT2D eigenvalue weighted by Gasteiger charge is -2.49. The minimum Gasteiger partial charge on any atom is -0.176 e. The third kappa shape index (κ3) is 2.33. The van der Waals surface area contributed by atoms with E-state index in [0.717, 1.165) is 0 Å². The fourth-order valence-corrected chi connectivity index (χ4v) is 7.34. The molecule has 0 bridgehead atoms. The molecule has 0 aromatic heterocycles. The minimum atomic E-state index is -7.62. The Labute approximate surface area is 110 Å². The number of alkyl halides is 9. The standard InChI is InChI=1S/C10H13F9Si/c1-7(5-3-2-4-6-7)20(8(11,12)13,9(14,15)16)10(17,18)19/h2-6H2,1H3. The summed E-state index contributed by atoms with van der Waals surface area (Å²) in [6, 6.07) is 0. The Hall–Kier alpha value is -0.413. The zero-order valence-electron chi connectivity index (χ0n) is 10.4. The molecular weight excluding hydrogens is 319 g/mol. The molecule has 1 rings (SSSR count). The van der Waals surface area contributed by atoms with Gasteiger partial charge in [0.2, 0.25) is 0 Å². The summed E-state index contributed by atoms with van der Waals surface area (Å²) >= 11 is 0. The molecule has 1 aliphatic rings. The Bertz CT molecular complexity index is 309. The van der Waals surface area contributed by atoms with E-state index in [2.05, 4.69) is 0 Å². The summed E-state index contributed by atoms with van der Waals surface area (Å²) in [5, 5.41) is -2.79. The third-order valence-electron chi connectivity index (χ3n) is 4.14. The van der Waals surface area contributed by atoms with Crippen molar-refractivity contribution >= 4 is 8.07 Å². The van der Waals surface area contributed by atoms with Crippen LogP contribution in [0.15, 0.2) is 0 Å². The van der Waals surface area contributed by atoms with Crippen LogP contribution in [0.1, 0.15) is 39.0 Å². The molecule has 1 saturated carbocycles. The minimum absolute atomic E-state index is 0.0481. The Morgan fingerprint density at radius 2 is 0.950 bits per heavy atom. The number of halogens is 9. The van der Waals surface area contributed by atoms with Gasteiger partial charge in [-0.2, -0.15) is 39.5 Å². The number of rotatable bonds is 1. The van der Waals surface area contributed by atoms with Gasteiger partial charge >= 0.3 is 25.5 Å². The van der Waals surface area contributed by atoms with E-state index >= 15 is 0 Å². The van der Waals surface area contributed by atoms with Crippen molar-refractivity contribution in [1.29, 1.82) is 0 Å². The summed E-state index contributed by atoms with van der Waals surface area (Å²) in [5.74, 6) is -18.9. The van der Waals surface area contributed by atoms with E-state index in [1.54, 1.807) is 0 Å². The smallest absolute Gasteiger partial charge is 0.176 e. The maximum absolute atomic E-state index is 13.0. The average Bonchev–Trinajstić information content (AvgIpc) is 2.10. The van der Waals surface area contributed by atoms with Crippen LogP contribution in [0.25, 0.3) is 0 Å². The summed E-state index contributed by atoms with van der Waals surface area (Å²) in [6.45, 7) is 0.507. The lowest BCUT2D eigenvalue weighted by atomic mass is 9.90. The molecule has 120 valence electrons. The highest BCUT2D eigenvalue weighted by Gasteiger charge is 2.92. The van der Waals surface area contributed by atoms with Crippen LogP contribution in [0.3, 0.4) is 0 Å². The fourth-order valence-electron chi connectivity index (χ4n) is 3.22. The van der Waals surface area contributed by atoms with Crippen LogP contribution >= 0.6 is 0 Å². The second-order valence-electron chi connectivity index (χ2n) is 5.36. The molecule has 20 heavy (non-hydrogen) atoms. The summed E-state index contributed by atoms with van der Waals surface area (Å²) in [6.07, 6.45) is -1.13. The highest BCUT2D eigenvalue weighted by molar-refractivity contribution is 6.87. The van der Waals surface area contributed by atoms with Gasteiger partial charge in [-0.15, -0.1) is 0 Å². The van der Waals surface area contributed by atoms with Crippen molar-refractivity contribution in [2.45, 2.75) is 61.5 Å². The number of hydrogen-bond donors (Lipinski definition) is 0. The van der Waals surface area contributed by atoms with Crippen LogP contribution in [0, 0.1) is 0 Å². The molecule has 10 heteroatoms. The first-order chi connectivity index (χ1) is 8.71. The van der Waals surface area contributed by atoms with Crippen molar-refractivity contribution in [2.24, 2.45) is 0 Å². The maximum Gasteiger partial charge on any atom is 0.429 e. The first kappa shape index (κ1) is 17.6. The summed E-state index contributed by atoms with van der Waals surface area (Å²) < 4.78 is 117. The molecule has 0 aromatic rings. The number of hydrogen-bond acceptors (Lipinski definition) is 0. The van der Waals surface area contributed by atoms with Gasteiger partial charge in [0.05, 0.1) is 0 Å². The summed E-state index contributed by atoms with van der Waals surface area (Å²) in [7, 11) is -7.62. The van der Waals surface area contributed by atoms with Gasteiger partial charge in [0.1, 0.15) is 0 Å². The van der Waals surface area contributed by atoms with E-state index in [4.69, 9.17) is 0 Å². The largest absolute Gasteiger partial charge is 0.429 e. The molecule has 0 nitrogen and oxygen atoms in total. The van der Waals surface area contributed by atoms with Gasteiger partial charge in [0.25, 0.3) is 0 Å². The summed E-state index contributed by atoms with van der Waals surface area (Å²) in [4.78, 5) is 0. The van der Waals surface area contributed by atoms with Crippen LogP contribution < -0.4 is 0 Å². The van der Waals surface area contributed by atoms with Gasteiger partial charge in [-0.3, -0.25) is 0 Å². The van der Waals surface area contributed by atoms with E-state index in [9.17, 15) is 39.5 Å². The van der Waals surface area contributed by atoms with Crippen LogP contribution in [-0.2, 0) is 0 Å². The molecule has 0 unspecified atom stereocenters. The van der Waals surface area contributed by atoms with Gasteiger partial charge in [0.15, 0.2) is 0 Å². The van der Waals surface area contributed by atoms with Crippen molar-refractivity contribution < 1.29 is 39.5 Å². The molecule has 0 spiro atoms. The van der Waals surface area contributed by atoms with Gasteiger partial charge in [0, 0.05) is 0 Å². The molecule has 0 amide bonds. The molecule has 0 N–H and O–H groups in total. The van der Waals surface area contributed by atoms with E-state index in [1.165, 1.54) is 0 Å². The molecule has 1 aliphatic carbocycles. The van der Waals surface area contributed by atoms with Crippen molar-refractivity contribution in [2.75, 3.05) is 0 Å². The SMILES string of the molecule is CC1([Si](C(F)(F)F)(C(F)(F)F)C(F)(F)F)CCCCC1. The van der Waals surface area contributed by atoms with Crippen molar-refractivity contribution in [3.63, 3.8) is 0 Å². The molecule has 0 aliphatic heterocycles. The van der Waals surface area contributed by atoms with Gasteiger partial charge < -0.3 is 0 Å². The molecular formula is C10H13F9Si. The molecule has 0 atom stereocenters. The Balaban J connectivity index is 3.63. The van der Waals surface area contributed by atoms with E-state index in [-0.39, 0.29) is 12.8 Å². The zero-order chi connectivity index (χ0) is 16.0. The van der Waals surface area contributed by atoms with Crippen LogP contribution in [-0.4, -0.2) is 25.5 Å². The third-order valence-corrected chi connectivity index (χ3v) is 9.00. The van der Waals surface area contributed by atoms with Crippen molar-refractivity contribution in [3.8, 4) is 0 Å². The zero-order valence-corrected chi connectivity index (χ0v) is 11.4. The summed E-state index contributed by atoms with van der Waals surface area (Å²) in [5.41, 5.74) is 0. The van der Waals surface area contributed by atoms with E-state index in [0.29, 0.717) is 13.3 Å².